The van der Waals surface area contributed by atoms with Crippen molar-refractivity contribution < 1.29 is 14.6 Å². The van der Waals surface area contributed by atoms with Crippen LogP contribution in [0.5, 0.6) is 5.75 Å². The Morgan fingerprint density at radius 1 is 1.20 bits per heavy atom. The molecule has 1 unspecified atom stereocenters. The van der Waals surface area contributed by atoms with Crippen molar-refractivity contribution in [3.05, 3.63) is 54.7 Å². The molecule has 0 amide bonds. The number of carbonyl (C=O) groups is 1. The molecular weight excluding hydrogens is 334 g/mol. The van der Waals surface area contributed by atoms with Gasteiger partial charge in [-0.05, 0) is 47.9 Å². The van der Waals surface area contributed by atoms with E-state index in [0.717, 1.165) is 32.7 Å². The van der Waals surface area contributed by atoms with E-state index in [1.807, 2.05) is 49.4 Å². The molecular formula is C20H19NO3S. The Labute approximate surface area is 150 Å². The predicted octanol–water partition coefficient (Wildman–Crippen LogP) is 4.87. The molecule has 0 aliphatic carbocycles. The summed E-state index contributed by atoms with van der Waals surface area (Å²) in [6.45, 7) is 1.89. The van der Waals surface area contributed by atoms with Gasteiger partial charge in [0.25, 0.3) is 0 Å². The molecule has 2 aromatic carbocycles. The van der Waals surface area contributed by atoms with Crippen molar-refractivity contribution in [2.45, 2.75) is 23.5 Å². The Morgan fingerprint density at radius 3 is 2.72 bits per heavy atom. The van der Waals surface area contributed by atoms with Gasteiger partial charge in [0.15, 0.2) is 0 Å². The summed E-state index contributed by atoms with van der Waals surface area (Å²) in [6.07, 6.45) is 2.30. The van der Waals surface area contributed by atoms with Gasteiger partial charge in [-0.2, -0.15) is 0 Å². The highest BCUT2D eigenvalue weighted by atomic mass is 32.2. The van der Waals surface area contributed by atoms with Crippen molar-refractivity contribution in [2.24, 2.45) is 0 Å². The Morgan fingerprint density at radius 2 is 2.00 bits per heavy atom. The van der Waals surface area contributed by atoms with Crippen molar-refractivity contribution in [2.75, 3.05) is 7.11 Å². The molecule has 3 aromatic rings. The Balaban J connectivity index is 2.06. The van der Waals surface area contributed by atoms with Gasteiger partial charge in [-0.25, -0.2) is 0 Å². The minimum Gasteiger partial charge on any atom is -0.497 e. The first-order valence-corrected chi connectivity index (χ1v) is 8.93. The van der Waals surface area contributed by atoms with E-state index in [9.17, 15) is 9.90 Å². The number of carboxylic acid groups (broad SMARTS) is 1. The van der Waals surface area contributed by atoms with Crippen LogP contribution in [0.3, 0.4) is 0 Å². The zero-order chi connectivity index (χ0) is 17.8. The number of fused-ring (bicyclic) bond motifs is 1. The van der Waals surface area contributed by atoms with Crippen molar-refractivity contribution >= 4 is 28.6 Å². The number of benzene rings is 2. The number of rotatable bonds is 6. The Hall–Kier alpha value is -2.53. The summed E-state index contributed by atoms with van der Waals surface area (Å²) in [4.78, 5) is 16.7. The number of nitrogens with zero attached hydrogens (tertiary/aromatic N) is 1. The first-order chi connectivity index (χ1) is 12.1. The molecule has 3 rings (SSSR count). The molecule has 25 heavy (non-hydrogen) atoms. The molecule has 0 aliphatic heterocycles. The van der Waals surface area contributed by atoms with Gasteiger partial charge in [0.2, 0.25) is 0 Å². The molecule has 128 valence electrons. The SMILES string of the molecule is CCC(Sc1ccnc2ccc(-c3cccc(OC)c3)cc12)C(=O)O. The van der Waals surface area contributed by atoms with Gasteiger partial charge in [0.05, 0.1) is 12.6 Å². The molecule has 0 aliphatic rings. The van der Waals surface area contributed by atoms with Gasteiger partial charge in [-0.1, -0.05) is 25.1 Å². The van der Waals surface area contributed by atoms with Gasteiger partial charge in [0, 0.05) is 16.5 Å². The molecule has 0 radical (unpaired) electrons. The van der Waals surface area contributed by atoms with Crippen LogP contribution in [0.1, 0.15) is 13.3 Å². The molecule has 0 saturated heterocycles. The van der Waals surface area contributed by atoms with Gasteiger partial charge < -0.3 is 9.84 Å². The van der Waals surface area contributed by atoms with E-state index in [2.05, 4.69) is 11.1 Å². The molecule has 0 spiro atoms. The van der Waals surface area contributed by atoms with Gasteiger partial charge in [-0.3, -0.25) is 9.78 Å². The number of carboxylic acids is 1. The number of methoxy groups -OCH3 is 1. The third-order valence-electron chi connectivity index (χ3n) is 4.02. The molecule has 0 saturated carbocycles. The van der Waals surface area contributed by atoms with Crippen LogP contribution in [-0.4, -0.2) is 28.4 Å². The second kappa shape index (κ2) is 7.57. The number of thioether (sulfide) groups is 1. The molecule has 5 heteroatoms. The molecule has 0 bridgehead atoms. The van der Waals surface area contributed by atoms with Crippen LogP contribution in [0.2, 0.25) is 0 Å². The lowest BCUT2D eigenvalue weighted by Crippen LogP contribution is -2.14. The normalized spacial score (nSPS) is 12.1. The van der Waals surface area contributed by atoms with E-state index in [0.29, 0.717) is 6.42 Å². The Kier molecular flexibility index (Phi) is 5.24. The van der Waals surface area contributed by atoms with Gasteiger partial charge >= 0.3 is 5.97 Å². The number of aliphatic carboxylic acids is 1. The number of aromatic nitrogens is 1. The highest BCUT2D eigenvalue weighted by Crippen LogP contribution is 2.34. The van der Waals surface area contributed by atoms with E-state index in [4.69, 9.17) is 4.74 Å². The molecule has 1 heterocycles. The fourth-order valence-electron chi connectivity index (χ4n) is 2.67. The summed E-state index contributed by atoms with van der Waals surface area (Å²) in [5.41, 5.74) is 2.95. The number of hydrogen-bond donors (Lipinski definition) is 1. The highest BCUT2D eigenvalue weighted by Gasteiger charge is 2.18. The summed E-state index contributed by atoms with van der Waals surface area (Å²) in [7, 11) is 1.65. The molecule has 1 aromatic heterocycles. The zero-order valence-corrected chi connectivity index (χ0v) is 14.9. The van der Waals surface area contributed by atoms with Crippen molar-refractivity contribution in [3.63, 3.8) is 0 Å². The minimum absolute atomic E-state index is 0.467. The van der Waals surface area contributed by atoms with E-state index in [-0.39, 0.29) is 0 Å². The molecule has 4 nitrogen and oxygen atoms in total. The van der Waals surface area contributed by atoms with Crippen LogP contribution in [-0.2, 0) is 4.79 Å². The summed E-state index contributed by atoms with van der Waals surface area (Å²) in [5.74, 6) is 0.0109. The monoisotopic (exact) mass is 353 g/mol. The van der Waals surface area contributed by atoms with Crippen LogP contribution in [0.15, 0.2) is 59.6 Å². The van der Waals surface area contributed by atoms with Crippen molar-refractivity contribution in [1.29, 1.82) is 0 Å². The summed E-state index contributed by atoms with van der Waals surface area (Å²) >= 11 is 1.37. The maximum atomic E-state index is 11.4. The zero-order valence-electron chi connectivity index (χ0n) is 14.1. The van der Waals surface area contributed by atoms with Crippen molar-refractivity contribution in [1.82, 2.24) is 4.98 Å². The Bertz CT molecular complexity index is 910. The van der Waals surface area contributed by atoms with Crippen LogP contribution in [0.25, 0.3) is 22.0 Å². The average molecular weight is 353 g/mol. The number of hydrogen-bond acceptors (Lipinski definition) is 4. The van der Waals surface area contributed by atoms with Crippen LogP contribution in [0, 0.1) is 0 Å². The third kappa shape index (κ3) is 3.77. The van der Waals surface area contributed by atoms with Gasteiger partial charge in [-0.15, -0.1) is 11.8 Å². The third-order valence-corrected chi connectivity index (χ3v) is 5.45. The fourth-order valence-corrected chi connectivity index (χ4v) is 3.67. The first-order valence-electron chi connectivity index (χ1n) is 8.05. The number of pyridine rings is 1. The van der Waals surface area contributed by atoms with E-state index >= 15 is 0 Å². The topological polar surface area (TPSA) is 59.4 Å². The van der Waals surface area contributed by atoms with E-state index in [1.165, 1.54) is 11.8 Å². The van der Waals surface area contributed by atoms with Crippen molar-refractivity contribution in [3.8, 4) is 16.9 Å². The predicted molar refractivity (Wildman–Crippen MR) is 101 cm³/mol. The molecule has 0 fully saturated rings. The van der Waals surface area contributed by atoms with E-state index in [1.54, 1.807) is 13.3 Å². The molecule has 1 atom stereocenters. The second-order valence-electron chi connectivity index (χ2n) is 5.63. The second-order valence-corrected chi connectivity index (χ2v) is 6.87. The van der Waals surface area contributed by atoms with Gasteiger partial charge in [0.1, 0.15) is 11.0 Å². The fraction of sp³-hybridized carbons (Fsp3) is 0.200. The summed E-state index contributed by atoms with van der Waals surface area (Å²) < 4.78 is 5.30. The smallest absolute Gasteiger partial charge is 0.316 e. The standard InChI is InChI=1S/C20H19NO3S/c1-3-18(20(22)23)25-19-9-10-21-17-8-7-14(12-16(17)19)13-5-4-6-15(11-13)24-2/h4-12,18H,3H2,1-2H3,(H,22,23). The highest BCUT2D eigenvalue weighted by molar-refractivity contribution is 8.00. The summed E-state index contributed by atoms with van der Waals surface area (Å²) in [5, 5.41) is 9.85. The van der Waals surface area contributed by atoms with Crippen LogP contribution in [0.4, 0.5) is 0 Å². The largest absolute Gasteiger partial charge is 0.497 e. The maximum Gasteiger partial charge on any atom is 0.316 e. The van der Waals surface area contributed by atoms with E-state index < -0.39 is 11.2 Å². The van der Waals surface area contributed by atoms with Crippen LogP contribution < -0.4 is 4.74 Å². The first kappa shape index (κ1) is 17.3. The average Bonchev–Trinajstić information content (AvgIpc) is 2.65. The van der Waals surface area contributed by atoms with Crippen LogP contribution >= 0.6 is 11.8 Å². The quantitative estimate of drug-likeness (QED) is 0.641. The lowest BCUT2D eigenvalue weighted by Gasteiger charge is -2.12. The number of ether oxygens (including phenoxy) is 1. The molecule has 1 N–H and O–H groups in total. The summed E-state index contributed by atoms with van der Waals surface area (Å²) in [6, 6.07) is 15.8. The lowest BCUT2D eigenvalue weighted by molar-refractivity contribution is -0.136. The minimum atomic E-state index is -0.790. The maximum absolute atomic E-state index is 11.4. The lowest BCUT2D eigenvalue weighted by atomic mass is 10.0.